The zero-order chi connectivity index (χ0) is 12.3. The monoisotopic (exact) mass is 248 g/mol. The number of hydrogen-bond donors (Lipinski definition) is 2. The summed E-state index contributed by atoms with van der Waals surface area (Å²) in [6.07, 6.45) is 0. The van der Waals surface area contributed by atoms with E-state index in [0.717, 1.165) is 0 Å². The molecule has 0 aliphatic rings. The van der Waals surface area contributed by atoms with Gasteiger partial charge in [-0.3, -0.25) is 14.5 Å². The average Bonchev–Trinajstić information content (AvgIpc) is 2.17. The summed E-state index contributed by atoms with van der Waals surface area (Å²) in [5.74, 6) is 0. The Bertz CT molecular complexity index is 485. The summed E-state index contributed by atoms with van der Waals surface area (Å²) in [6.45, 7) is 2.62. The molecule has 2 N–H and O–H groups in total. The van der Waals surface area contributed by atoms with Crippen LogP contribution in [0.3, 0.4) is 0 Å². The molecule has 0 atom stereocenters. The fourth-order valence-electron chi connectivity index (χ4n) is 1.11. The van der Waals surface area contributed by atoms with Gasteiger partial charge in [-0.2, -0.15) is 8.42 Å². The molecule has 0 aliphatic carbocycles. The van der Waals surface area contributed by atoms with Gasteiger partial charge in [0.15, 0.2) is 0 Å². The van der Waals surface area contributed by atoms with E-state index in [1.165, 1.54) is 0 Å². The van der Waals surface area contributed by atoms with Crippen LogP contribution in [0.25, 0.3) is 0 Å². The van der Waals surface area contributed by atoms with E-state index in [2.05, 4.69) is 14.2 Å². The Morgan fingerprint density at radius 2 is 1.69 bits per heavy atom. The van der Waals surface area contributed by atoms with Crippen LogP contribution >= 0.6 is 0 Å². The highest BCUT2D eigenvalue weighted by Crippen LogP contribution is 2.09. The van der Waals surface area contributed by atoms with Crippen molar-refractivity contribution in [3.8, 4) is 0 Å². The van der Waals surface area contributed by atoms with Crippen LogP contribution in [0, 0.1) is 13.8 Å². The van der Waals surface area contributed by atoms with Crippen LogP contribution in [0.2, 0.25) is 0 Å². The van der Waals surface area contributed by atoms with Crippen molar-refractivity contribution < 1.29 is 22.3 Å². The van der Waals surface area contributed by atoms with E-state index in [1.54, 1.807) is 13.8 Å². The van der Waals surface area contributed by atoms with Gasteiger partial charge in [0, 0.05) is 0 Å². The first-order chi connectivity index (χ1) is 7.33. The number of rotatable bonds is 4. The van der Waals surface area contributed by atoms with Gasteiger partial charge in [0.25, 0.3) is 0 Å². The van der Waals surface area contributed by atoms with E-state index in [-0.39, 0.29) is 13.2 Å². The second kappa shape index (κ2) is 4.83. The highest BCUT2D eigenvalue weighted by atomic mass is 32.3. The fraction of sp³-hybridized carbons (Fsp3) is 0.500. The lowest BCUT2D eigenvalue weighted by Gasteiger charge is -2.07. The first kappa shape index (κ1) is 13.0. The number of nitrogens with zero attached hydrogens (tertiary/aromatic N) is 2. The number of aryl methyl sites for hydroxylation is 2. The first-order valence-electron chi connectivity index (χ1n) is 4.39. The zero-order valence-corrected chi connectivity index (χ0v) is 9.65. The van der Waals surface area contributed by atoms with E-state index < -0.39 is 10.4 Å². The van der Waals surface area contributed by atoms with Crippen LogP contribution in [0.4, 0.5) is 0 Å². The molecule has 1 aromatic rings. The quantitative estimate of drug-likeness (QED) is 0.716. The van der Waals surface area contributed by atoms with Crippen molar-refractivity contribution in [2.45, 2.75) is 27.1 Å². The molecule has 1 heterocycles. The summed E-state index contributed by atoms with van der Waals surface area (Å²) < 4.78 is 33.3. The van der Waals surface area contributed by atoms with Crippen molar-refractivity contribution in [2.24, 2.45) is 0 Å². The normalized spacial score (nSPS) is 11.8. The third kappa shape index (κ3) is 3.49. The second-order valence-corrected chi connectivity index (χ2v) is 4.23. The minimum absolute atomic E-state index is 0.237. The minimum Gasteiger partial charge on any atom is -0.390 e. The molecule has 0 unspecified atom stereocenters. The van der Waals surface area contributed by atoms with Gasteiger partial charge >= 0.3 is 10.4 Å². The molecule has 0 amide bonds. The van der Waals surface area contributed by atoms with E-state index in [9.17, 15) is 8.42 Å². The van der Waals surface area contributed by atoms with Gasteiger partial charge in [-0.05, 0) is 13.8 Å². The van der Waals surface area contributed by atoms with Crippen molar-refractivity contribution in [3.05, 3.63) is 22.8 Å². The molecule has 7 nitrogen and oxygen atoms in total. The molecule has 90 valence electrons. The SMILES string of the molecule is Cc1nc(COS(=O)(=O)O)c(C)nc1CO. The summed E-state index contributed by atoms with van der Waals surface area (Å²) in [4.78, 5) is 8.05. The van der Waals surface area contributed by atoms with E-state index >= 15 is 0 Å². The Labute approximate surface area is 93.1 Å². The number of aliphatic hydroxyl groups excluding tert-OH is 1. The van der Waals surface area contributed by atoms with Gasteiger partial charge in [-0.25, -0.2) is 4.18 Å². The average molecular weight is 248 g/mol. The minimum atomic E-state index is -4.48. The molecule has 16 heavy (non-hydrogen) atoms. The van der Waals surface area contributed by atoms with Crippen LogP contribution in [0.5, 0.6) is 0 Å². The Kier molecular flexibility index (Phi) is 3.92. The Morgan fingerprint density at radius 3 is 2.19 bits per heavy atom. The molecule has 0 aliphatic heterocycles. The third-order valence-corrected chi connectivity index (χ3v) is 2.35. The first-order valence-corrected chi connectivity index (χ1v) is 5.75. The lowest BCUT2D eigenvalue weighted by molar-refractivity contribution is 0.253. The fourth-order valence-corrected chi connectivity index (χ4v) is 1.37. The molecule has 0 saturated carbocycles. The van der Waals surface area contributed by atoms with Gasteiger partial charge in [0.05, 0.1) is 29.4 Å². The molecule has 0 bridgehead atoms. The lowest BCUT2D eigenvalue weighted by Crippen LogP contribution is -2.09. The Hall–Kier alpha value is -1.09. The molecule has 0 radical (unpaired) electrons. The van der Waals surface area contributed by atoms with Gasteiger partial charge in [0.2, 0.25) is 0 Å². The molecule has 1 aromatic heterocycles. The summed E-state index contributed by atoms with van der Waals surface area (Å²) in [6, 6.07) is 0. The van der Waals surface area contributed by atoms with E-state index in [1.807, 2.05) is 0 Å². The molecule has 0 saturated heterocycles. The maximum Gasteiger partial charge on any atom is 0.397 e. The predicted molar refractivity (Wildman–Crippen MR) is 53.8 cm³/mol. The predicted octanol–water partition coefficient (Wildman–Crippen LogP) is -0.0949. The maximum absolute atomic E-state index is 10.4. The highest BCUT2D eigenvalue weighted by Gasteiger charge is 2.11. The second-order valence-electron chi connectivity index (χ2n) is 3.14. The lowest BCUT2D eigenvalue weighted by atomic mass is 10.2. The van der Waals surface area contributed by atoms with Gasteiger partial charge in [0.1, 0.15) is 6.61 Å². The standard InChI is InChI=1S/C8H12N2O5S/c1-5-7(3-11)9-6(2)8(10-5)4-15-16(12,13)14/h11H,3-4H2,1-2H3,(H,12,13,14). The maximum atomic E-state index is 10.4. The number of hydrogen-bond acceptors (Lipinski definition) is 6. The zero-order valence-electron chi connectivity index (χ0n) is 8.84. The summed E-state index contributed by atoms with van der Waals surface area (Å²) in [5.41, 5.74) is 1.65. The van der Waals surface area contributed by atoms with Crippen molar-refractivity contribution in [1.82, 2.24) is 9.97 Å². The molecule has 0 aromatic carbocycles. The molecule has 1 rings (SSSR count). The van der Waals surface area contributed by atoms with Crippen molar-refractivity contribution >= 4 is 10.4 Å². The van der Waals surface area contributed by atoms with Crippen molar-refractivity contribution in [1.29, 1.82) is 0 Å². The van der Waals surface area contributed by atoms with Gasteiger partial charge in [-0.15, -0.1) is 0 Å². The van der Waals surface area contributed by atoms with Gasteiger partial charge in [-0.1, -0.05) is 0 Å². The Balaban J connectivity index is 2.94. The number of aromatic nitrogens is 2. The van der Waals surface area contributed by atoms with E-state index in [4.69, 9.17) is 9.66 Å². The molecule has 0 fully saturated rings. The summed E-state index contributed by atoms with van der Waals surface area (Å²) >= 11 is 0. The molecular weight excluding hydrogens is 236 g/mol. The topological polar surface area (TPSA) is 110 Å². The van der Waals surface area contributed by atoms with E-state index in [0.29, 0.717) is 22.8 Å². The smallest absolute Gasteiger partial charge is 0.390 e. The molecule has 0 spiro atoms. The van der Waals surface area contributed by atoms with Crippen LogP contribution in [0.1, 0.15) is 22.8 Å². The third-order valence-electron chi connectivity index (χ3n) is 1.93. The van der Waals surface area contributed by atoms with Crippen LogP contribution in [-0.2, 0) is 27.8 Å². The Morgan fingerprint density at radius 1 is 1.19 bits per heavy atom. The van der Waals surface area contributed by atoms with Crippen LogP contribution in [0.15, 0.2) is 0 Å². The highest BCUT2D eigenvalue weighted by molar-refractivity contribution is 7.80. The van der Waals surface area contributed by atoms with Crippen molar-refractivity contribution in [3.63, 3.8) is 0 Å². The summed E-state index contributed by atoms with van der Waals surface area (Å²) in [5, 5.41) is 8.92. The molecule has 8 heteroatoms. The van der Waals surface area contributed by atoms with Crippen LogP contribution in [-0.4, -0.2) is 28.0 Å². The number of aliphatic hydroxyl groups is 1. The molecular formula is C8H12N2O5S. The van der Waals surface area contributed by atoms with Crippen molar-refractivity contribution in [2.75, 3.05) is 0 Å². The summed E-state index contributed by atoms with van der Waals surface area (Å²) in [7, 11) is -4.48. The van der Waals surface area contributed by atoms with Gasteiger partial charge < -0.3 is 5.11 Å². The van der Waals surface area contributed by atoms with Crippen LogP contribution < -0.4 is 0 Å². The largest absolute Gasteiger partial charge is 0.397 e.